The van der Waals surface area contributed by atoms with Crippen molar-refractivity contribution in [2.45, 2.75) is 93.0 Å². The van der Waals surface area contributed by atoms with Gasteiger partial charge in [-0.3, -0.25) is 0 Å². The van der Waals surface area contributed by atoms with E-state index in [-0.39, 0.29) is 11.0 Å². The Morgan fingerprint density at radius 1 is 0.925 bits per heavy atom. The number of nitrogens with two attached hydrogens (primary N) is 1. The molecule has 1 aliphatic heterocycles. The largest absolute Gasteiger partial charge is 0.402 e. The van der Waals surface area contributed by atoms with E-state index < -0.39 is 0 Å². The lowest BCUT2D eigenvalue weighted by Gasteiger charge is -2.91. The Morgan fingerprint density at radius 2 is 1.55 bits per heavy atom. The molecule has 2 atom stereocenters. The molecular formula is C47H68N6. The summed E-state index contributed by atoms with van der Waals surface area (Å²) in [6.45, 7) is 26.0. The Morgan fingerprint density at radius 3 is 2.08 bits per heavy atom. The molecule has 4 aliphatic carbocycles. The molecule has 2 aromatic carbocycles. The number of piperazine rings is 1. The number of rotatable bonds is 11. The summed E-state index contributed by atoms with van der Waals surface area (Å²) in [5, 5.41) is 7.00. The Hall–Kier alpha value is -3.77. The summed E-state index contributed by atoms with van der Waals surface area (Å²) < 4.78 is 0. The van der Waals surface area contributed by atoms with E-state index in [1.807, 2.05) is 32.2 Å². The lowest BCUT2D eigenvalue weighted by molar-refractivity contribution is -0.431. The molecule has 0 radical (unpaired) electrons. The number of anilines is 1. The van der Waals surface area contributed by atoms with Gasteiger partial charge in [-0.2, -0.15) is 0 Å². The van der Waals surface area contributed by atoms with Crippen molar-refractivity contribution in [2.24, 2.45) is 44.7 Å². The van der Waals surface area contributed by atoms with Gasteiger partial charge in [-0.1, -0.05) is 75.9 Å². The van der Waals surface area contributed by atoms with E-state index >= 15 is 0 Å². The maximum Gasteiger partial charge on any atom is 0.129 e. The topological polar surface area (TPSA) is 68.9 Å². The molecule has 5 fully saturated rings. The van der Waals surface area contributed by atoms with Crippen molar-refractivity contribution in [3.05, 3.63) is 102 Å². The second kappa shape index (κ2) is 14.8. The fourth-order valence-electron chi connectivity index (χ4n) is 10.7. The van der Waals surface area contributed by atoms with Crippen molar-refractivity contribution in [1.82, 2.24) is 15.1 Å². The van der Waals surface area contributed by atoms with E-state index in [4.69, 9.17) is 10.7 Å². The monoisotopic (exact) mass is 717 g/mol. The normalized spacial score (nSPS) is 28.7. The minimum Gasteiger partial charge on any atom is -0.402 e. The molecule has 53 heavy (non-hydrogen) atoms. The number of benzene rings is 2. The predicted octanol–water partition coefficient (Wildman–Crippen LogP) is 9.81. The first-order valence-corrected chi connectivity index (χ1v) is 20.2. The molecule has 4 saturated carbocycles. The van der Waals surface area contributed by atoms with Crippen molar-refractivity contribution in [1.29, 1.82) is 0 Å². The molecule has 1 spiro atoms. The van der Waals surface area contributed by atoms with Gasteiger partial charge in [0.15, 0.2) is 0 Å². The zero-order chi connectivity index (χ0) is 38.3. The third-order valence-corrected chi connectivity index (χ3v) is 14.3. The van der Waals surface area contributed by atoms with Crippen LogP contribution in [-0.2, 0) is 0 Å². The number of allylic oxidation sites excluding steroid dienone is 6. The summed E-state index contributed by atoms with van der Waals surface area (Å²) in [6.07, 6.45) is 11.7. The Balaban J connectivity index is 0.000000203. The lowest BCUT2D eigenvalue weighted by Crippen LogP contribution is -2.85. The number of aliphatic imine (C=N–C) groups is 1. The second-order valence-electron chi connectivity index (χ2n) is 18.5. The van der Waals surface area contributed by atoms with Crippen LogP contribution in [0.2, 0.25) is 0 Å². The molecule has 7 rings (SSSR count). The summed E-state index contributed by atoms with van der Waals surface area (Å²) in [4.78, 5) is 9.91. The van der Waals surface area contributed by atoms with E-state index in [1.54, 1.807) is 12.8 Å². The van der Waals surface area contributed by atoms with Gasteiger partial charge in [-0.25, -0.2) is 4.99 Å². The Kier molecular flexibility index (Phi) is 10.9. The zero-order valence-corrected chi connectivity index (χ0v) is 34.6. The molecule has 6 heteroatoms. The van der Waals surface area contributed by atoms with E-state index in [0.29, 0.717) is 5.41 Å². The van der Waals surface area contributed by atoms with Crippen LogP contribution in [0.3, 0.4) is 0 Å². The molecule has 2 aromatic rings. The average molecular weight is 717 g/mol. The van der Waals surface area contributed by atoms with Gasteiger partial charge in [0.05, 0.1) is 0 Å². The highest BCUT2D eigenvalue weighted by molar-refractivity contribution is 6.23. The SMILES string of the molecule is C/C=C(/C=C(\N=C(C)\C(=C(\C)N)c1ccccc1)N1CCN(C)CC1)c1cccc(NC)c1.C=C(CC12CC3CC4CC(C1)C432)NC(C)(C)C(C)(C)C. The van der Waals surface area contributed by atoms with E-state index in [9.17, 15) is 0 Å². The molecule has 4 N–H and O–H groups in total. The highest BCUT2D eigenvalue weighted by Crippen LogP contribution is 2.93. The van der Waals surface area contributed by atoms with Crippen LogP contribution in [0.25, 0.3) is 11.1 Å². The van der Waals surface area contributed by atoms with Crippen LogP contribution in [0.15, 0.2) is 95.5 Å². The van der Waals surface area contributed by atoms with Gasteiger partial charge in [-0.05, 0) is 143 Å². The van der Waals surface area contributed by atoms with Crippen LogP contribution in [-0.4, -0.2) is 61.3 Å². The third-order valence-electron chi connectivity index (χ3n) is 14.3. The summed E-state index contributed by atoms with van der Waals surface area (Å²) in [5.74, 6) is 4.31. The molecular weight excluding hydrogens is 649 g/mol. The number of hydrogen-bond acceptors (Lipinski definition) is 6. The maximum atomic E-state index is 6.33. The van der Waals surface area contributed by atoms with Gasteiger partial charge in [0.2, 0.25) is 0 Å². The van der Waals surface area contributed by atoms with Gasteiger partial charge < -0.3 is 26.2 Å². The summed E-state index contributed by atoms with van der Waals surface area (Å²) in [5.41, 5.74) is 16.7. The smallest absolute Gasteiger partial charge is 0.129 e. The quantitative estimate of drug-likeness (QED) is 0.160. The van der Waals surface area contributed by atoms with Gasteiger partial charge in [0.25, 0.3) is 0 Å². The van der Waals surface area contributed by atoms with Crippen LogP contribution in [0.5, 0.6) is 0 Å². The van der Waals surface area contributed by atoms with Crippen LogP contribution in [0, 0.1) is 34.0 Å². The number of likely N-dealkylation sites (N-methyl/N-ethyl adjacent to an activating group) is 1. The van der Waals surface area contributed by atoms with E-state index in [2.05, 4.69) is 131 Å². The van der Waals surface area contributed by atoms with E-state index in [1.165, 1.54) is 25.0 Å². The molecule has 0 amide bonds. The molecule has 0 bridgehead atoms. The molecule has 0 aromatic heterocycles. The predicted molar refractivity (Wildman–Crippen MR) is 227 cm³/mol. The number of nitrogens with zero attached hydrogens (tertiary/aromatic N) is 3. The van der Waals surface area contributed by atoms with Crippen LogP contribution in [0.4, 0.5) is 5.69 Å². The van der Waals surface area contributed by atoms with Crippen molar-refractivity contribution in [3.63, 3.8) is 0 Å². The standard InChI is InChI=1S/C28H37N5.C19H31N/c1-6-23(25-13-10-14-26(19-25)30-4)20-27(33-17-15-32(5)16-18-33)31-22(3)28(21(2)29)24-11-8-7-9-12-24;1-12(20-17(5,6)16(2,3)4)9-18-10-14-7-13-8-15(11-18)19(13,14)18/h6-14,19-20,30H,15-18,29H2,1-5H3;13-15,20H,1,7-11H2,2-6H3/b23-6-,27-20+,28-21+,31-22+;. The summed E-state index contributed by atoms with van der Waals surface area (Å²) in [6, 6.07) is 18.7. The first-order valence-electron chi connectivity index (χ1n) is 20.2. The average Bonchev–Trinajstić information content (AvgIpc) is 3.07. The van der Waals surface area contributed by atoms with Gasteiger partial charge >= 0.3 is 0 Å². The van der Waals surface area contributed by atoms with Gasteiger partial charge in [0, 0.05) is 67.1 Å². The summed E-state index contributed by atoms with van der Waals surface area (Å²) in [7, 11) is 4.12. The highest BCUT2D eigenvalue weighted by Gasteiger charge is 2.87. The molecule has 6 nitrogen and oxygen atoms in total. The minimum absolute atomic E-state index is 0.114. The molecule has 1 heterocycles. The van der Waals surface area contributed by atoms with Crippen LogP contribution in [0.1, 0.15) is 98.6 Å². The highest BCUT2D eigenvalue weighted by atomic mass is 15.3. The first kappa shape index (κ1) is 38.9. The van der Waals surface area contributed by atoms with Crippen LogP contribution < -0.4 is 16.4 Å². The fraction of sp³-hybridized carbons (Fsp3) is 0.553. The van der Waals surface area contributed by atoms with Crippen molar-refractivity contribution >= 4 is 22.5 Å². The van der Waals surface area contributed by atoms with Crippen molar-refractivity contribution in [3.8, 4) is 0 Å². The molecule has 286 valence electrons. The number of hydrogen-bond donors (Lipinski definition) is 3. The zero-order valence-electron chi connectivity index (χ0n) is 34.6. The Bertz CT molecular complexity index is 1750. The maximum absolute atomic E-state index is 6.33. The minimum atomic E-state index is 0.114. The van der Waals surface area contributed by atoms with Gasteiger partial charge in [0.1, 0.15) is 5.82 Å². The molecule has 5 aliphatic rings. The number of nitrogens with one attached hydrogen (secondary N) is 2. The van der Waals surface area contributed by atoms with Crippen molar-refractivity contribution in [2.75, 3.05) is 45.6 Å². The van der Waals surface area contributed by atoms with Gasteiger partial charge in [-0.15, -0.1) is 0 Å². The molecule has 2 unspecified atom stereocenters. The first-order chi connectivity index (χ1) is 25.0. The summed E-state index contributed by atoms with van der Waals surface area (Å²) >= 11 is 0. The lowest BCUT2D eigenvalue weighted by atomic mass is 9.13. The van der Waals surface area contributed by atoms with E-state index in [0.717, 1.165) is 94.5 Å². The fourth-order valence-corrected chi connectivity index (χ4v) is 10.7. The van der Waals surface area contributed by atoms with Crippen molar-refractivity contribution < 1.29 is 0 Å². The van der Waals surface area contributed by atoms with Crippen LogP contribution >= 0.6 is 0 Å². The molecule has 1 saturated heterocycles. The third kappa shape index (κ3) is 7.13. The Labute approximate surface area is 321 Å². The second-order valence-corrected chi connectivity index (χ2v) is 18.5.